The molecule has 0 saturated heterocycles. The van der Waals surface area contributed by atoms with Crippen molar-refractivity contribution in [1.82, 2.24) is 9.66 Å². The van der Waals surface area contributed by atoms with Crippen LogP contribution in [0.15, 0.2) is 17.3 Å². The maximum Gasteiger partial charge on any atom is 0.313 e. The van der Waals surface area contributed by atoms with Crippen LogP contribution < -0.4 is 9.75 Å². The molecular weight excluding hydrogens is 285 g/mol. The summed E-state index contributed by atoms with van der Waals surface area (Å²) in [4.78, 5) is 14.9. The number of halogens is 1. The number of hydrogen-bond acceptors (Lipinski definition) is 5. The molecule has 108 valence electrons. The topological polar surface area (TPSA) is 67.6 Å². The normalized spacial score (nSPS) is 10.8. The molecule has 1 heterocycles. The van der Waals surface area contributed by atoms with Crippen molar-refractivity contribution in [2.75, 3.05) is 32.0 Å². The maximum absolute atomic E-state index is 13.7. The fraction of sp³-hybridized carbons (Fsp3) is 0.333. The van der Waals surface area contributed by atoms with Crippen LogP contribution in [0, 0.1) is 5.82 Å². The molecule has 0 aliphatic rings. The number of benzene rings is 1. The summed E-state index contributed by atoms with van der Waals surface area (Å²) in [6, 6.07) is 2.82. The second-order valence-electron chi connectivity index (χ2n) is 4.21. The summed E-state index contributed by atoms with van der Waals surface area (Å²) in [7, 11) is 4.98. The van der Waals surface area contributed by atoms with Crippen molar-refractivity contribution in [3.8, 4) is 5.75 Å². The summed E-state index contributed by atoms with van der Waals surface area (Å²) < 4.78 is 20.4. The van der Waals surface area contributed by atoms with Gasteiger partial charge in [0, 0.05) is 26.2 Å². The number of carbonyl (C=O) groups is 1. The van der Waals surface area contributed by atoms with Gasteiger partial charge in [0.1, 0.15) is 0 Å². The second kappa shape index (κ2) is 5.58. The van der Waals surface area contributed by atoms with Gasteiger partial charge in [0.05, 0.1) is 23.9 Å². The van der Waals surface area contributed by atoms with Gasteiger partial charge in [0.2, 0.25) is 0 Å². The molecule has 20 heavy (non-hydrogen) atoms. The molecule has 0 aliphatic carbocycles. The maximum atomic E-state index is 13.7. The van der Waals surface area contributed by atoms with Gasteiger partial charge >= 0.3 is 5.97 Å². The van der Waals surface area contributed by atoms with E-state index in [4.69, 9.17) is 9.84 Å². The summed E-state index contributed by atoms with van der Waals surface area (Å²) in [6.45, 7) is 0. The molecule has 8 heteroatoms. The van der Waals surface area contributed by atoms with Crippen LogP contribution in [-0.2, 0) is 4.79 Å². The third kappa shape index (κ3) is 2.64. The molecule has 0 atom stereocenters. The summed E-state index contributed by atoms with van der Waals surface area (Å²) >= 11 is 1.08. The van der Waals surface area contributed by atoms with Crippen LogP contribution >= 0.6 is 11.8 Å². The van der Waals surface area contributed by atoms with Gasteiger partial charge in [-0.15, -0.1) is 0 Å². The SMILES string of the molecule is COc1cc2c(cc1F)nc(SCC(=O)O)n2N(C)C. The van der Waals surface area contributed by atoms with E-state index >= 15 is 0 Å². The quantitative estimate of drug-likeness (QED) is 0.845. The van der Waals surface area contributed by atoms with Crippen LogP contribution in [0.1, 0.15) is 0 Å². The lowest BCUT2D eigenvalue weighted by molar-refractivity contribution is -0.133. The van der Waals surface area contributed by atoms with Gasteiger partial charge in [-0.05, 0) is 0 Å². The molecular formula is C12H14FN3O3S. The number of imidazole rings is 1. The van der Waals surface area contributed by atoms with Crippen molar-refractivity contribution < 1.29 is 19.0 Å². The first-order valence-corrected chi connectivity index (χ1v) is 6.70. The Hall–Kier alpha value is -1.96. The number of thioether (sulfide) groups is 1. The lowest BCUT2D eigenvalue weighted by Gasteiger charge is -2.17. The Balaban J connectivity index is 2.57. The Labute approximate surface area is 119 Å². The second-order valence-corrected chi connectivity index (χ2v) is 5.15. The first-order valence-electron chi connectivity index (χ1n) is 5.72. The van der Waals surface area contributed by atoms with Gasteiger partial charge < -0.3 is 14.9 Å². The van der Waals surface area contributed by atoms with Crippen molar-refractivity contribution in [3.63, 3.8) is 0 Å². The van der Waals surface area contributed by atoms with Crippen molar-refractivity contribution in [3.05, 3.63) is 17.9 Å². The first-order chi connectivity index (χ1) is 9.43. The lowest BCUT2D eigenvalue weighted by atomic mass is 10.3. The lowest BCUT2D eigenvalue weighted by Crippen LogP contribution is -2.25. The molecule has 0 saturated carbocycles. The molecule has 0 unspecified atom stereocenters. The van der Waals surface area contributed by atoms with Crippen molar-refractivity contribution >= 4 is 28.8 Å². The number of nitrogens with zero attached hydrogens (tertiary/aromatic N) is 3. The number of aromatic nitrogens is 2. The monoisotopic (exact) mass is 299 g/mol. The molecule has 2 rings (SSSR count). The number of aliphatic carboxylic acids is 1. The third-order valence-corrected chi connectivity index (χ3v) is 3.51. The molecule has 1 aromatic heterocycles. The Kier molecular flexibility index (Phi) is 4.03. The minimum Gasteiger partial charge on any atom is -0.494 e. The zero-order valence-electron chi connectivity index (χ0n) is 11.3. The van der Waals surface area contributed by atoms with E-state index in [1.807, 2.05) is 0 Å². The summed E-state index contributed by atoms with van der Waals surface area (Å²) in [5.41, 5.74) is 1.10. The minimum atomic E-state index is -0.934. The highest BCUT2D eigenvalue weighted by Gasteiger charge is 2.17. The van der Waals surface area contributed by atoms with Gasteiger partial charge in [-0.3, -0.25) is 4.79 Å². The summed E-state index contributed by atoms with van der Waals surface area (Å²) in [5, 5.41) is 11.0. The van der Waals surface area contributed by atoms with Gasteiger partial charge in [-0.2, -0.15) is 0 Å². The number of rotatable bonds is 5. The molecule has 1 aromatic carbocycles. The molecule has 1 N–H and O–H groups in total. The fourth-order valence-electron chi connectivity index (χ4n) is 1.81. The zero-order valence-corrected chi connectivity index (χ0v) is 12.1. The van der Waals surface area contributed by atoms with Crippen LogP contribution in [-0.4, -0.2) is 47.7 Å². The Morgan fingerprint density at radius 3 is 2.80 bits per heavy atom. The molecule has 2 aromatic rings. The molecule has 0 aliphatic heterocycles. The first kappa shape index (κ1) is 14.4. The number of carboxylic acid groups (broad SMARTS) is 1. The molecule has 0 fully saturated rings. The number of ether oxygens (including phenoxy) is 1. The largest absolute Gasteiger partial charge is 0.494 e. The van der Waals surface area contributed by atoms with Crippen LogP contribution in [0.2, 0.25) is 0 Å². The molecule has 6 nitrogen and oxygen atoms in total. The number of hydrogen-bond donors (Lipinski definition) is 1. The highest BCUT2D eigenvalue weighted by Crippen LogP contribution is 2.28. The Morgan fingerprint density at radius 1 is 1.55 bits per heavy atom. The number of carboxylic acids is 1. The van der Waals surface area contributed by atoms with Crippen LogP contribution in [0.3, 0.4) is 0 Å². The van der Waals surface area contributed by atoms with E-state index in [1.165, 1.54) is 13.2 Å². The molecule has 0 spiro atoms. The van der Waals surface area contributed by atoms with E-state index in [-0.39, 0.29) is 11.5 Å². The number of methoxy groups -OCH3 is 1. The molecule has 0 bridgehead atoms. The van der Waals surface area contributed by atoms with Crippen LogP contribution in [0.5, 0.6) is 5.75 Å². The third-order valence-electron chi connectivity index (χ3n) is 2.60. The van der Waals surface area contributed by atoms with E-state index in [0.29, 0.717) is 16.2 Å². The predicted molar refractivity (Wildman–Crippen MR) is 74.7 cm³/mol. The summed E-state index contributed by atoms with van der Waals surface area (Å²) in [5.74, 6) is -1.43. The Bertz CT molecular complexity index is 657. The van der Waals surface area contributed by atoms with Gasteiger partial charge in [-0.25, -0.2) is 14.1 Å². The van der Waals surface area contributed by atoms with Gasteiger partial charge in [0.15, 0.2) is 16.7 Å². The van der Waals surface area contributed by atoms with E-state index in [9.17, 15) is 9.18 Å². The van der Waals surface area contributed by atoms with E-state index in [1.54, 1.807) is 29.8 Å². The molecule has 0 radical (unpaired) electrons. The molecule has 0 amide bonds. The highest BCUT2D eigenvalue weighted by atomic mass is 32.2. The smallest absolute Gasteiger partial charge is 0.313 e. The van der Waals surface area contributed by atoms with Gasteiger partial charge in [-0.1, -0.05) is 11.8 Å². The standard InChI is InChI=1S/C12H14FN3O3S/c1-15(2)16-9-5-10(19-3)7(13)4-8(9)14-12(16)20-6-11(17)18/h4-5H,6H2,1-3H3,(H,17,18). The van der Waals surface area contributed by atoms with Crippen LogP contribution in [0.4, 0.5) is 4.39 Å². The highest BCUT2D eigenvalue weighted by molar-refractivity contribution is 7.99. The van der Waals surface area contributed by atoms with Crippen LogP contribution in [0.25, 0.3) is 11.0 Å². The average Bonchev–Trinajstić information content (AvgIpc) is 2.72. The zero-order chi connectivity index (χ0) is 14.9. The number of fused-ring (bicyclic) bond motifs is 1. The van der Waals surface area contributed by atoms with E-state index in [0.717, 1.165) is 11.8 Å². The van der Waals surface area contributed by atoms with Crippen molar-refractivity contribution in [1.29, 1.82) is 0 Å². The fourth-order valence-corrected chi connectivity index (χ4v) is 2.61. The predicted octanol–water partition coefficient (Wildman–Crippen LogP) is 1.56. The van der Waals surface area contributed by atoms with Crippen molar-refractivity contribution in [2.45, 2.75) is 5.16 Å². The summed E-state index contributed by atoms with van der Waals surface area (Å²) in [6.07, 6.45) is 0. The Morgan fingerprint density at radius 2 is 2.25 bits per heavy atom. The van der Waals surface area contributed by atoms with Crippen molar-refractivity contribution in [2.24, 2.45) is 0 Å². The average molecular weight is 299 g/mol. The van der Waals surface area contributed by atoms with Gasteiger partial charge in [0.25, 0.3) is 0 Å². The minimum absolute atomic E-state index is 0.114. The van der Waals surface area contributed by atoms with E-state index < -0.39 is 11.8 Å². The van der Waals surface area contributed by atoms with E-state index in [2.05, 4.69) is 4.98 Å².